The van der Waals surface area contributed by atoms with E-state index in [1.165, 1.54) is 6.92 Å². The van der Waals surface area contributed by atoms with E-state index in [1.807, 2.05) is 19.1 Å². The van der Waals surface area contributed by atoms with Crippen LogP contribution >= 0.6 is 15.9 Å². The Kier molecular flexibility index (Phi) is 10.7. The zero-order valence-corrected chi connectivity index (χ0v) is 24.8. The Morgan fingerprint density at radius 3 is 1.97 bits per heavy atom. The average Bonchev–Trinajstić information content (AvgIpc) is 3.39. The normalized spacial score (nSPS) is 17.2. The van der Waals surface area contributed by atoms with E-state index in [9.17, 15) is 13.2 Å². The van der Waals surface area contributed by atoms with Crippen LogP contribution in [0.5, 0.6) is 28.7 Å². The van der Waals surface area contributed by atoms with Crippen LogP contribution in [0.1, 0.15) is 56.4 Å². The van der Waals surface area contributed by atoms with E-state index in [0.29, 0.717) is 66.4 Å². The maximum Gasteiger partial charge on any atom is 0.203 e. The third-order valence-electron chi connectivity index (χ3n) is 6.01. The monoisotopic (exact) mass is 614 g/mol. The Bertz CT molecular complexity index is 1200. The first-order chi connectivity index (χ1) is 18.2. The van der Waals surface area contributed by atoms with Crippen molar-refractivity contribution in [3.05, 3.63) is 35.4 Å². The Hall–Kier alpha value is -2.50. The minimum Gasteiger partial charge on any atom is -0.493 e. The molecular weight excluding hydrogens is 580 g/mol. The van der Waals surface area contributed by atoms with Crippen molar-refractivity contribution in [2.45, 2.75) is 50.2 Å². The third kappa shape index (κ3) is 6.92. The van der Waals surface area contributed by atoms with Crippen LogP contribution in [0.2, 0.25) is 0 Å². The van der Waals surface area contributed by atoms with Gasteiger partial charge in [-0.05, 0) is 61.6 Å². The average molecular weight is 616 g/mol. The molecule has 2 atom stereocenters. The molecule has 0 bridgehead atoms. The molecule has 2 unspecified atom stereocenters. The van der Waals surface area contributed by atoms with Crippen molar-refractivity contribution in [3.63, 3.8) is 0 Å². The van der Waals surface area contributed by atoms with Crippen LogP contribution in [0.25, 0.3) is 0 Å². The zero-order chi connectivity index (χ0) is 27.9. The van der Waals surface area contributed by atoms with E-state index in [-0.39, 0.29) is 16.7 Å². The van der Waals surface area contributed by atoms with Gasteiger partial charge in [0.25, 0.3) is 0 Å². The van der Waals surface area contributed by atoms with Crippen molar-refractivity contribution >= 4 is 31.6 Å². The van der Waals surface area contributed by atoms with Gasteiger partial charge >= 0.3 is 0 Å². The lowest BCUT2D eigenvalue weighted by atomic mass is 10.0. The number of alkyl halides is 1. The summed E-state index contributed by atoms with van der Waals surface area (Å²) in [5.41, 5.74) is 1.49. The molecule has 210 valence electrons. The van der Waals surface area contributed by atoms with Crippen molar-refractivity contribution in [1.29, 1.82) is 0 Å². The van der Waals surface area contributed by atoms with Crippen LogP contribution in [0.4, 0.5) is 0 Å². The van der Waals surface area contributed by atoms with Gasteiger partial charge in [0.2, 0.25) is 5.75 Å². The number of methoxy groups -OCH3 is 3. The first kappa shape index (κ1) is 30.0. The van der Waals surface area contributed by atoms with Crippen molar-refractivity contribution in [2.75, 3.05) is 45.6 Å². The van der Waals surface area contributed by atoms with E-state index >= 15 is 0 Å². The summed E-state index contributed by atoms with van der Waals surface area (Å²) in [6, 6.07) is 7.02. The second-order valence-corrected chi connectivity index (χ2v) is 11.6. The summed E-state index contributed by atoms with van der Waals surface area (Å²) in [6.45, 7) is 3.78. The van der Waals surface area contributed by atoms with Gasteiger partial charge < -0.3 is 28.4 Å². The predicted molar refractivity (Wildman–Crippen MR) is 146 cm³/mol. The number of benzene rings is 2. The van der Waals surface area contributed by atoms with Gasteiger partial charge in [0.05, 0.1) is 46.8 Å². The molecule has 0 saturated carbocycles. The number of Topliss-reactive ketones (excluding diaryl/α,β-unsaturated/α-hetero) is 1. The van der Waals surface area contributed by atoms with Gasteiger partial charge in [0, 0.05) is 5.33 Å². The third-order valence-corrected chi connectivity index (χ3v) is 8.09. The largest absolute Gasteiger partial charge is 0.493 e. The smallest absolute Gasteiger partial charge is 0.203 e. The maximum atomic E-state index is 13.3. The molecule has 1 fully saturated rings. The summed E-state index contributed by atoms with van der Waals surface area (Å²) in [5, 5.41) is 0.545. The lowest BCUT2D eigenvalue weighted by molar-refractivity contribution is -0.114. The van der Waals surface area contributed by atoms with Crippen LogP contribution in [-0.4, -0.2) is 59.8 Å². The molecule has 0 spiro atoms. The maximum absolute atomic E-state index is 13.3. The highest BCUT2D eigenvalue weighted by atomic mass is 79.9. The summed E-state index contributed by atoms with van der Waals surface area (Å²) in [6.07, 6.45) is 1.31. The molecule has 38 heavy (non-hydrogen) atoms. The van der Waals surface area contributed by atoms with Crippen molar-refractivity contribution < 1.29 is 41.6 Å². The number of sulfone groups is 1. The van der Waals surface area contributed by atoms with Gasteiger partial charge in [0.15, 0.2) is 32.8 Å². The van der Waals surface area contributed by atoms with Gasteiger partial charge in [-0.2, -0.15) is 0 Å². The zero-order valence-electron chi connectivity index (χ0n) is 22.4. The van der Waals surface area contributed by atoms with E-state index in [4.69, 9.17) is 28.4 Å². The number of carbonyl (C=O) groups excluding carboxylic acids is 1. The van der Waals surface area contributed by atoms with Gasteiger partial charge in [0.1, 0.15) is 16.4 Å². The number of halogens is 1. The summed E-state index contributed by atoms with van der Waals surface area (Å²) in [4.78, 5) is 11.7. The topological polar surface area (TPSA) is 107 Å². The first-order valence-corrected chi connectivity index (χ1v) is 15.1. The van der Waals surface area contributed by atoms with E-state index in [1.54, 1.807) is 33.5 Å². The fourth-order valence-electron chi connectivity index (χ4n) is 4.38. The molecule has 2 aromatic rings. The summed E-state index contributed by atoms with van der Waals surface area (Å²) in [5.74, 6) is 0.874. The summed E-state index contributed by atoms with van der Waals surface area (Å²) < 4.78 is 61.1. The molecule has 0 amide bonds. The lowest BCUT2D eigenvalue weighted by Gasteiger charge is -2.21. The molecule has 1 aliphatic heterocycles. The van der Waals surface area contributed by atoms with Crippen LogP contribution in [-0.2, 0) is 19.4 Å². The molecule has 1 heterocycles. The van der Waals surface area contributed by atoms with Gasteiger partial charge in [-0.3, -0.25) is 4.79 Å². The first-order valence-electron chi connectivity index (χ1n) is 12.4. The fraction of sp³-hybridized carbons (Fsp3) is 0.519. The van der Waals surface area contributed by atoms with Gasteiger partial charge in [-0.1, -0.05) is 22.9 Å². The Labute approximate surface area is 232 Å². The van der Waals surface area contributed by atoms with Crippen LogP contribution in [0.15, 0.2) is 29.2 Å². The number of ether oxygens (including phenoxy) is 6. The van der Waals surface area contributed by atoms with Crippen molar-refractivity contribution in [2.24, 2.45) is 0 Å². The standard InChI is InChI=1S/C27H35BrO9S/c1-6-10-36-27-24(35-11-9-28)14-19(15-25(27)38(30,31)16-17(2)29)21-8-7-20(37-21)18-12-22(32-3)26(34-5)23(13-18)33-4/h12-15,20-21H,6-11,16H2,1-5H3. The molecule has 0 N–H and O–H groups in total. The highest BCUT2D eigenvalue weighted by Crippen LogP contribution is 2.48. The van der Waals surface area contributed by atoms with E-state index in [0.717, 1.165) is 5.56 Å². The molecule has 9 nitrogen and oxygen atoms in total. The summed E-state index contributed by atoms with van der Waals surface area (Å²) >= 11 is 3.34. The second kappa shape index (κ2) is 13.5. The Morgan fingerprint density at radius 1 is 0.895 bits per heavy atom. The van der Waals surface area contributed by atoms with Crippen molar-refractivity contribution in [3.8, 4) is 28.7 Å². The Morgan fingerprint density at radius 2 is 1.47 bits per heavy atom. The highest BCUT2D eigenvalue weighted by Gasteiger charge is 2.33. The minimum absolute atomic E-state index is 0.0666. The summed E-state index contributed by atoms with van der Waals surface area (Å²) in [7, 11) is 0.673. The number of hydrogen-bond acceptors (Lipinski definition) is 9. The molecule has 11 heteroatoms. The quantitative estimate of drug-likeness (QED) is 0.264. The van der Waals surface area contributed by atoms with E-state index in [2.05, 4.69) is 15.9 Å². The van der Waals surface area contributed by atoms with Gasteiger partial charge in [-0.25, -0.2) is 8.42 Å². The molecule has 0 aliphatic carbocycles. The van der Waals surface area contributed by atoms with Crippen LogP contribution in [0, 0.1) is 0 Å². The van der Waals surface area contributed by atoms with Crippen LogP contribution < -0.4 is 23.7 Å². The molecule has 0 radical (unpaired) electrons. The molecule has 1 aliphatic rings. The highest BCUT2D eigenvalue weighted by molar-refractivity contribution is 9.09. The van der Waals surface area contributed by atoms with E-state index < -0.39 is 27.5 Å². The number of ketones is 1. The molecule has 0 aromatic heterocycles. The van der Waals surface area contributed by atoms with Crippen LogP contribution in [0.3, 0.4) is 0 Å². The minimum atomic E-state index is -3.98. The number of hydrogen-bond donors (Lipinski definition) is 0. The van der Waals surface area contributed by atoms with Gasteiger partial charge in [-0.15, -0.1) is 0 Å². The fourth-order valence-corrected chi connectivity index (χ4v) is 5.99. The molecule has 2 aromatic carbocycles. The molecular formula is C27H35BrO9S. The second-order valence-electron chi connectivity index (χ2n) is 8.84. The lowest BCUT2D eigenvalue weighted by Crippen LogP contribution is -2.16. The van der Waals surface area contributed by atoms with Crippen molar-refractivity contribution in [1.82, 2.24) is 0 Å². The SMILES string of the molecule is CCCOc1c(OCCBr)cc(C2CCC(c3cc(OC)c(OC)c(OC)c3)O2)cc1S(=O)(=O)CC(C)=O. The number of carbonyl (C=O) groups is 1. The number of rotatable bonds is 14. The molecule has 1 saturated heterocycles. The predicted octanol–water partition coefficient (Wildman–Crippen LogP) is 5.23. The Balaban J connectivity index is 2.03. The molecule has 3 rings (SSSR count).